The van der Waals surface area contributed by atoms with Crippen LogP contribution in [0, 0.1) is 5.41 Å². The quantitative estimate of drug-likeness (QED) is 0.514. The monoisotopic (exact) mass is 367 g/mol. The van der Waals surface area contributed by atoms with Crippen molar-refractivity contribution in [2.24, 2.45) is 0 Å². The van der Waals surface area contributed by atoms with Crippen molar-refractivity contribution in [2.45, 2.75) is 26.7 Å². The van der Waals surface area contributed by atoms with Crippen LogP contribution in [0.2, 0.25) is 0 Å². The summed E-state index contributed by atoms with van der Waals surface area (Å²) in [7, 11) is 0. The number of aromatic amines is 1. The van der Waals surface area contributed by atoms with Gasteiger partial charge in [-0.25, -0.2) is 19.8 Å². The number of carbonyl (C=O) groups is 1. The molecule has 0 aliphatic heterocycles. The van der Waals surface area contributed by atoms with Crippen LogP contribution in [0.1, 0.15) is 37.8 Å². The number of nitrogens with two attached hydrogens (primary N) is 1. The Morgan fingerprint density at radius 3 is 2.67 bits per heavy atom. The predicted molar refractivity (Wildman–Crippen MR) is 104 cm³/mol. The molecular weight excluding hydrogens is 344 g/mol. The van der Waals surface area contributed by atoms with Gasteiger partial charge in [0.1, 0.15) is 5.56 Å². The first kappa shape index (κ1) is 18.5. The fraction of sp³-hybridized carbons (Fsp3) is 0.263. The minimum absolute atomic E-state index is 0.248. The largest absolute Gasteiger partial charge is 0.419 e. The van der Waals surface area contributed by atoms with E-state index in [4.69, 9.17) is 5.41 Å². The van der Waals surface area contributed by atoms with Crippen LogP contribution in [0.15, 0.2) is 35.3 Å². The maximum Gasteiger partial charge on any atom is 0.419 e. The molecule has 0 aliphatic rings. The highest BCUT2D eigenvalue weighted by Gasteiger charge is 2.19. The maximum absolute atomic E-state index is 12.8. The molecule has 5 N–H and O–H groups in total. The second kappa shape index (κ2) is 7.55. The molecule has 0 saturated carbocycles. The molecular formula is C19H23N6O2+. The summed E-state index contributed by atoms with van der Waals surface area (Å²) in [6.07, 6.45) is 2.54. The average molecular weight is 367 g/mol. The number of nitrogens with one attached hydrogen (secondary N) is 3. The van der Waals surface area contributed by atoms with Gasteiger partial charge in [-0.05, 0) is 30.5 Å². The number of fused-ring (bicyclic) bond motifs is 1. The third kappa shape index (κ3) is 3.52. The number of pyridine rings is 1. The Morgan fingerprint density at radius 1 is 1.37 bits per heavy atom. The Labute approximate surface area is 156 Å². The van der Waals surface area contributed by atoms with Crippen LogP contribution in [0.5, 0.6) is 0 Å². The lowest BCUT2D eigenvalue weighted by Gasteiger charge is -2.07. The van der Waals surface area contributed by atoms with Crippen LogP contribution in [0.25, 0.3) is 16.6 Å². The van der Waals surface area contributed by atoms with E-state index in [1.54, 1.807) is 0 Å². The number of urea groups is 1. The topological polar surface area (TPSA) is 120 Å². The standard InChI is InChI=1S/C19H22N6O2/c1-4-21-19(27)23-17-14(9-20)16-15(10-22-17)18(26)25(24-16)13-7-5-12(6-8-13)11(2)3/h5-11,20,24H,4H2,1-3H3,(H2,21,22,23,27)/p+1. The molecule has 1 aromatic carbocycles. The van der Waals surface area contributed by atoms with E-state index in [1.165, 1.54) is 21.8 Å². The molecule has 0 unspecified atom stereocenters. The molecule has 2 heterocycles. The van der Waals surface area contributed by atoms with Crippen LogP contribution in [-0.2, 0) is 0 Å². The van der Waals surface area contributed by atoms with Crippen LogP contribution in [0.3, 0.4) is 0 Å². The number of amides is 2. The first-order valence-electron chi connectivity index (χ1n) is 8.83. The van der Waals surface area contributed by atoms with E-state index < -0.39 is 0 Å². The smallest absolute Gasteiger partial charge is 0.308 e. The summed E-state index contributed by atoms with van der Waals surface area (Å²) < 4.78 is 1.43. The van der Waals surface area contributed by atoms with Crippen LogP contribution in [-0.4, -0.2) is 33.6 Å². The van der Waals surface area contributed by atoms with Crippen molar-refractivity contribution in [3.63, 3.8) is 0 Å². The van der Waals surface area contributed by atoms with E-state index in [0.717, 1.165) is 6.21 Å². The summed E-state index contributed by atoms with van der Waals surface area (Å²) in [5, 5.41) is 15.1. The normalized spacial score (nSPS) is 11.1. The minimum Gasteiger partial charge on any atom is -0.308 e. The molecule has 0 saturated heterocycles. The predicted octanol–water partition coefficient (Wildman–Crippen LogP) is 1.76. The number of primary amides is 1. The summed E-state index contributed by atoms with van der Waals surface area (Å²) in [5.41, 5.74) is 2.51. The van der Waals surface area contributed by atoms with Crippen LogP contribution >= 0.6 is 0 Å². The maximum atomic E-state index is 12.8. The summed E-state index contributed by atoms with van der Waals surface area (Å²) >= 11 is 0. The van der Waals surface area contributed by atoms with Crippen molar-refractivity contribution < 1.29 is 10.1 Å². The van der Waals surface area contributed by atoms with Gasteiger partial charge in [-0.15, -0.1) is 0 Å². The van der Waals surface area contributed by atoms with Gasteiger partial charge in [0.05, 0.1) is 16.6 Å². The molecule has 2 aromatic heterocycles. The molecule has 0 radical (unpaired) electrons. The Bertz CT molecular complexity index is 1050. The van der Waals surface area contributed by atoms with E-state index in [2.05, 4.69) is 29.2 Å². The van der Waals surface area contributed by atoms with Gasteiger partial charge in [0, 0.05) is 19.0 Å². The van der Waals surface area contributed by atoms with Crippen LogP contribution in [0.4, 0.5) is 10.6 Å². The van der Waals surface area contributed by atoms with Crippen molar-refractivity contribution in [2.75, 3.05) is 6.54 Å². The van der Waals surface area contributed by atoms with Gasteiger partial charge >= 0.3 is 6.03 Å². The highest BCUT2D eigenvalue weighted by Crippen LogP contribution is 2.19. The summed E-state index contributed by atoms with van der Waals surface area (Å²) in [5.74, 6) is 0.742. The molecule has 140 valence electrons. The Balaban J connectivity index is 2.09. The number of nitrogens with zero attached hydrogens (tertiary/aromatic N) is 2. The van der Waals surface area contributed by atoms with Gasteiger partial charge in [-0.3, -0.25) is 9.89 Å². The highest BCUT2D eigenvalue weighted by atomic mass is 16.2. The van der Waals surface area contributed by atoms with E-state index in [0.29, 0.717) is 40.4 Å². The lowest BCUT2D eigenvalue weighted by atomic mass is 10.0. The molecule has 27 heavy (non-hydrogen) atoms. The number of aromatic nitrogens is 3. The van der Waals surface area contributed by atoms with Crippen LogP contribution < -0.4 is 16.2 Å². The van der Waals surface area contributed by atoms with Crippen molar-refractivity contribution in [1.29, 1.82) is 5.41 Å². The Kier molecular flexibility index (Phi) is 5.18. The van der Waals surface area contributed by atoms with E-state index in [9.17, 15) is 9.59 Å². The third-order valence-corrected chi connectivity index (χ3v) is 4.39. The fourth-order valence-electron chi connectivity index (χ4n) is 2.91. The lowest BCUT2D eigenvalue weighted by Crippen LogP contribution is -2.86. The molecule has 0 spiro atoms. The van der Waals surface area contributed by atoms with Crippen molar-refractivity contribution >= 4 is 29.0 Å². The van der Waals surface area contributed by atoms with E-state index >= 15 is 0 Å². The third-order valence-electron chi connectivity index (χ3n) is 4.39. The SMILES string of the molecule is CCNC(=O)[NH2+]c1ncc2c(=O)n(-c3ccc(C(C)C)cc3)[nH]c2c1C=N. The zero-order valence-corrected chi connectivity index (χ0v) is 15.5. The summed E-state index contributed by atoms with van der Waals surface area (Å²) in [6, 6.07) is 7.44. The van der Waals surface area contributed by atoms with E-state index in [1.807, 2.05) is 31.2 Å². The number of hydrogen-bond acceptors (Lipinski definition) is 4. The highest BCUT2D eigenvalue weighted by molar-refractivity contribution is 5.99. The summed E-state index contributed by atoms with van der Waals surface area (Å²) in [6.45, 7) is 6.54. The molecule has 0 bridgehead atoms. The molecule has 8 heteroatoms. The first-order chi connectivity index (χ1) is 13.0. The van der Waals surface area contributed by atoms with Crippen molar-refractivity contribution in [1.82, 2.24) is 20.1 Å². The number of benzene rings is 1. The summed E-state index contributed by atoms with van der Waals surface area (Å²) in [4.78, 5) is 28.8. The molecule has 2 amide bonds. The second-order valence-corrected chi connectivity index (χ2v) is 6.53. The fourth-order valence-corrected chi connectivity index (χ4v) is 2.91. The van der Waals surface area contributed by atoms with Gasteiger partial charge in [0.15, 0.2) is 0 Å². The van der Waals surface area contributed by atoms with Gasteiger partial charge in [0.2, 0.25) is 5.82 Å². The zero-order valence-electron chi connectivity index (χ0n) is 15.5. The van der Waals surface area contributed by atoms with E-state index in [-0.39, 0.29) is 11.6 Å². The molecule has 0 aliphatic carbocycles. The lowest BCUT2D eigenvalue weighted by molar-refractivity contribution is -0.468. The number of rotatable bonds is 5. The number of quaternary nitrogens is 1. The molecule has 3 aromatic rings. The van der Waals surface area contributed by atoms with Crippen molar-refractivity contribution in [3.8, 4) is 5.69 Å². The molecule has 0 atom stereocenters. The van der Waals surface area contributed by atoms with Gasteiger partial charge in [-0.1, -0.05) is 26.0 Å². The average Bonchev–Trinajstić information content (AvgIpc) is 2.98. The first-order valence-corrected chi connectivity index (χ1v) is 8.83. The molecule has 8 nitrogen and oxygen atoms in total. The second-order valence-electron chi connectivity index (χ2n) is 6.53. The zero-order chi connectivity index (χ0) is 19.6. The van der Waals surface area contributed by atoms with Gasteiger partial charge < -0.3 is 10.7 Å². The molecule has 0 fully saturated rings. The van der Waals surface area contributed by atoms with Crippen molar-refractivity contribution in [3.05, 3.63) is 51.9 Å². The Hall–Kier alpha value is -3.26. The van der Waals surface area contributed by atoms with Gasteiger partial charge in [-0.2, -0.15) is 0 Å². The number of H-pyrrole nitrogens is 1. The molecule has 3 rings (SSSR count). The number of carbonyl (C=O) groups excluding carboxylic acids is 1. The van der Waals surface area contributed by atoms with Gasteiger partial charge in [0.25, 0.3) is 5.56 Å². The number of hydrogen-bond donors (Lipinski definition) is 4. The minimum atomic E-state index is -0.293. The Morgan fingerprint density at radius 2 is 2.07 bits per heavy atom.